The minimum absolute atomic E-state index is 0.246. The van der Waals surface area contributed by atoms with Crippen molar-refractivity contribution in [2.45, 2.75) is 44.8 Å². The lowest BCUT2D eigenvalue weighted by Crippen LogP contribution is -2.47. The third-order valence-electron chi connectivity index (χ3n) is 7.36. The quantitative estimate of drug-likeness (QED) is 0.665. The molecule has 1 atom stereocenters. The minimum atomic E-state index is -0.972. The first-order valence-electron chi connectivity index (χ1n) is 13.0. The van der Waals surface area contributed by atoms with Gasteiger partial charge in [0, 0.05) is 43.9 Å². The molecule has 2 heterocycles. The Kier molecular flexibility index (Phi) is 7.63. The monoisotopic (exact) mass is 489 g/mol. The molecule has 3 aliphatic rings. The Hall–Kier alpha value is -3.23. The highest BCUT2D eigenvalue weighted by molar-refractivity contribution is 6.14. The van der Waals surface area contributed by atoms with E-state index in [0.29, 0.717) is 11.6 Å². The van der Waals surface area contributed by atoms with Crippen molar-refractivity contribution < 1.29 is 14.3 Å². The summed E-state index contributed by atoms with van der Waals surface area (Å²) in [4.78, 5) is 35.1. The van der Waals surface area contributed by atoms with Crippen LogP contribution in [0.4, 0.5) is 16.2 Å². The van der Waals surface area contributed by atoms with Crippen LogP contribution in [0.5, 0.6) is 0 Å². The van der Waals surface area contributed by atoms with E-state index < -0.39 is 12.2 Å². The van der Waals surface area contributed by atoms with E-state index in [9.17, 15) is 9.59 Å². The number of nitrogens with one attached hydrogen (secondary N) is 2. The van der Waals surface area contributed by atoms with Crippen molar-refractivity contribution in [3.63, 3.8) is 0 Å². The van der Waals surface area contributed by atoms with Crippen LogP contribution in [0.3, 0.4) is 0 Å². The number of hydrogen-bond acceptors (Lipinski definition) is 5. The molecule has 8 heteroatoms. The van der Waals surface area contributed by atoms with Crippen molar-refractivity contribution in [2.24, 2.45) is 10.9 Å². The average molecular weight is 490 g/mol. The van der Waals surface area contributed by atoms with Crippen molar-refractivity contribution in [1.29, 1.82) is 0 Å². The van der Waals surface area contributed by atoms with Crippen molar-refractivity contribution in [1.82, 2.24) is 10.2 Å². The lowest BCUT2D eigenvalue weighted by Gasteiger charge is -2.26. The van der Waals surface area contributed by atoms with Crippen LogP contribution in [-0.2, 0) is 16.1 Å². The number of ether oxygens (including phenoxy) is 1. The smallest absolute Gasteiger partial charge is 0.321 e. The van der Waals surface area contributed by atoms with Crippen LogP contribution in [0.2, 0.25) is 0 Å². The van der Waals surface area contributed by atoms with Crippen LogP contribution in [0.15, 0.2) is 53.5 Å². The summed E-state index contributed by atoms with van der Waals surface area (Å²) >= 11 is 0. The zero-order valence-electron chi connectivity index (χ0n) is 20.9. The average Bonchev–Trinajstić information content (AvgIpc) is 3.01. The molecule has 5 rings (SSSR count). The summed E-state index contributed by atoms with van der Waals surface area (Å²) in [5.74, 6) is 0.0508. The van der Waals surface area contributed by atoms with Gasteiger partial charge in [0.25, 0.3) is 5.91 Å². The standard InChI is InChI=1S/C28H35N5O3/c1-32-24-10-6-5-9-23(24)25(21-7-3-2-4-8-21)30-26(27(32)34)31-28(35)29-22-13-11-20(12-14-22)19-33-15-17-36-18-16-33/h5-6,9-14,21,26H,2-4,7-8,15-19H2,1H3,(H2,29,31,35)/t26-/m0/s1. The number of carbonyl (C=O) groups excluding carboxylic acids is 2. The van der Waals surface area contributed by atoms with Gasteiger partial charge in [-0.25, -0.2) is 4.79 Å². The molecule has 0 aromatic heterocycles. The van der Waals surface area contributed by atoms with E-state index in [4.69, 9.17) is 9.73 Å². The predicted octanol–water partition coefficient (Wildman–Crippen LogP) is 4.01. The molecule has 3 amide bonds. The van der Waals surface area contributed by atoms with Crippen LogP contribution in [0.1, 0.15) is 43.2 Å². The summed E-state index contributed by atoms with van der Waals surface area (Å²) in [6.07, 6.45) is 4.70. The van der Waals surface area contributed by atoms with E-state index in [2.05, 4.69) is 15.5 Å². The summed E-state index contributed by atoms with van der Waals surface area (Å²) < 4.78 is 5.41. The van der Waals surface area contributed by atoms with Gasteiger partial charge in [-0.3, -0.25) is 14.7 Å². The van der Waals surface area contributed by atoms with Crippen LogP contribution < -0.4 is 15.5 Å². The Balaban J connectivity index is 1.29. The molecular formula is C28H35N5O3. The fraction of sp³-hybridized carbons (Fsp3) is 0.464. The number of para-hydroxylation sites is 1. The van der Waals surface area contributed by atoms with Crippen molar-refractivity contribution in [2.75, 3.05) is 43.6 Å². The fourth-order valence-corrected chi connectivity index (χ4v) is 5.35. The Bertz CT molecular complexity index is 1100. The van der Waals surface area contributed by atoms with Crippen LogP contribution in [0.25, 0.3) is 0 Å². The van der Waals surface area contributed by atoms with Gasteiger partial charge in [0.05, 0.1) is 24.6 Å². The van der Waals surface area contributed by atoms with Crippen molar-refractivity contribution in [3.8, 4) is 0 Å². The number of urea groups is 1. The predicted molar refractivity (Wildman–Crippen MR) is 141 cm³/mol. The maximum absolute atomic E-state index is 13.3. The number of morpholine rings is 1. The van der Waals surface area contributed by atoms with Gasteiger partial charge >= 0.3 is 6.03 Å². The number of nitrogens with zero attached hydrogens (tertiary/aromatic N) is 3. The highest BCUT2D eigenvalue weighted by Gasteiger charge is 2.33. The van der Waals surface area contributed by atoms with Gasteiger partial charge in [-0.15, -0.1) is 0 Å². The first-order valence-corrected chi connectivity index (χ1v) is 13.0. The SMILES string of the molecule is CN1C(=O)[C@H](NC(=O)Nc2ccc(CN3CCOCC3)cc2)N=C(C2CCCCC2)c2ccccc21. The Morgan fingerprint density at radius 3 is 2.50 bits per heavy atom. The van der Waals surface area contributed by atoms with E-state index in [1.54, 1.807) is 11.9 Å². The fourth-order valence-electron chi connectivity index (χ4n) is 5.35. The van der Waals surface area contributed by atoms with E-state index in [1.165, 1.54) is 12.0 Å². The molecule has 1 aliphatic carbocycles. The van der Waals surface area contributed by atoms with Gasteiger partial charge in [0.15, 0.2) is 0 Å². The number of aliphatic imine (C=N–C) groups is 1. The largest absolute Gasteiger partial charge is 0.379 e. The van der Waals surface area contributed by atoms with E-state index in [1.807, 2.05) is 48.5 Å². The van der Waals surface area contributed by atoms with E-state index in [-0.39, 0.29) is 5.91 Å². The maximum atomic E-state index is 13.3. The summed E-state index contributed by atoms with van der Waals surface area (Å²) in [7, 11) is 1.75. The zero-order chi connectivity index (χ0) is 24.9. The lowest BCUT2D eigenvalue weighted by molar-refractivity contribution is -0.119. The van der Waals surface area contributed by atoms with Crippen molar-refractivity contribution in [3.05, 3.63) is 59.7 Å². The number of fused-ring (bicyclic) bond motifs is 1. The Morgan fingerprint density at radius 1 is 1.03 bits per heavy atom. The molecule has 0 spiro atoms. The number of rotatable bonds is 5. The van der Waals surface area contributed by atoms with Gasteiger partial charge in [0.2, 0.25) is 6.17 Å². The summed E-state index contributed by atoms with van der Waals surface area (Å²) in [6, 6.07) is 15.3. The van der Waals surface area contributed by atoms with Gasteiger partial charge in [-0.05, 0) is 36.6 Å². The first-order chi connectivity index (χ1) is 17.6. The third kappa shape index (κ3) is 5.60. The molecule has 0 unspecified atom stereocenters. The zero-order valence-corrected chi connectivity index (χ0v) is 20.9. The highest BCUT2D eigenvalue weighted by atomic mass is 16.5. The molecule has 2 aliphatic heterocycles. The van der Waals surface area contributed by atoms with Gasteiger partial charge in [-0.1, -0.05) is 49.6 Å². The molecule has 0 radical (unpaired) electrons. The summed E-state index contributed by atoms with van der Waals surface area (Å²) in [5.41, 5.74) is 4.62. The second-order valence-electron chi connectivity index (χ2n) is 9.85. The topological polar surface area (TPSA) is 86.3 Å². The Morgan fingerprint density at radius 2 is 1.75 bits per heavy atom. The number of benzene rings is 2. The number of benzodiazepines with no additional fused rings is 1. The highest BCUT2D eigenvalue weighted by Crippen LogP contribution is 2.33. The molecule has 1 saturated heterocycles. The van der Waals surface area contributed by atoms with Crippen LogP contribution in [-0.4, -0.2) is 62.1 Å². The number of hydrogen-bond donors (Lipinski definition) is 2. The molecule has 2 fully saturated rings. The van der Waals surface area contributed by atoms with Gasteiger partial charge in [0.1, 0.15) is 0 Å². The third-order valence-corrected chi connectivity index (χ3v) is 7.36. The van der Waals surface area contributed by atoms with Crippen molar-refractivity contribution >= 4 is 29.0 Å². The molecule has 1 saturated carbocycles. The van der Waals surface area contributed by atoms with Gasteiger partial charge in [-0.2, -0.15) is 0 Å². The molecule has 36 heavy (non-hydrogen) atoms. The lowest BCUT2D eigenvalue weighted by atomic mass is 9.83. The molecular weight excluding hydrogens is 454 g/mol. The minimum Gasteiger partial charge on any atom is -0.379 e. The number of carbonyl (C=O) groups is 2. The second kappa shape index (κ2) is 11.2. The number of likely N-dealkylation sites (N-methyl/N-ethyl adjacent to an activating group) is 1. The van der Waals surface area contributed by atoms with E-state index in [0.717, 1.165) is 75.5 Å². The van der Waals surface area contributed by atoms with E-state index >= 15 is 0 Å². The molecule has 2 aromatic carbocycles. The molecule has 190 valence electrons. The van der Waals surface area contributed by atoms with Crippen LogP contribution in [0, 0.1) is 5.92 Å². The number of amides is 3. The molecule has 2 aromatic rings. The summed E-state index contributed by atoms with van der Waals surface area (Å²) in [5, 5.41) is 5.69. The maximum Gasteiger partial charge on any atom is 0.321 e. The molecule has 8 nitrogen and oxygen atoms in total. The van der Waals surface area contributed by atoms with Gasteiger partial charge < -0.3 is 20.3 Å². The molecule has 0 bridgehead atoms. The normalized spacial score (nSPS) is 21.4. The summed E-state index contributed by atoms with van der Waals surface area (Å²) in [6.45, 7) is 4.26. The van der Waals surface area contributed by atoms with Crippen LogP contribution >= 0.6 is 0 Å². The molecule has 2 N–H and O–H groups in total. The first kappa shape index (κ1) is 24.5. The second-order valence-corrected chi connectivity index (χ2v) is 9.85. The number of anilines is 2. The Labute approximate surface area is 212 Å².